The van der Waals surface area contributed by atoms with Crippen LogP contribution in [0.15, 0.2) is 11.1 Å². The molecule has 1 aliphatic carbocycles. The van der Waals surface area contributed by atoms with Gasteiger partial charge in [0.2, 0.25) is 0 Å². The van der Waals surface area contributed by atoms with Gasteiger partial charge in [-0.3, -0.25) is 4.79 Å². The third-order valence-electron chi connectivity index (χ3n) is 3.07. The fourth-order valence-corrected chi connectivity index (χ4v) is 2.15. The Morgan fingerprint density at radius 3 is 1.62 bits per heavy atom. The molecule has 1 aliphatic rings. The molecule has 0 atom stereocenters. The van der Waals surface area contributed by atoms with E-state index in [1.807, 2.05) is 0 Å². The van der Waals surface area contributed by atoms with Crippen LogP contribution in [0.5, 0.6) is 0 Å². The van der Waals surface area contributed by atoms with Crippen LogP contribution in [0.4, 0.5) is 0 Å². The minimum atomic E-state index is -1.43. The van der Waals surface area contributed by atoms with Crippen molar-refractivity contribution in [3.63, 3.8) is 0 Å². The van der Waals surface area contributed by atoms with E-state index in [4.69, 9.17) is 19.9 Å². The molecular weight excluding hydrogens is 278 g/mol. The van der Waals surface area contributed by atoms with E-state index in [1.165, 1.54) is 0 Å². The first-order valence-electron chi connectivity index (χ1n) is 6.91. The maximum absolute atomic E-state index is 11.9. The average molecular weight is 299 g/mol. The predicted molar refractivity (Wildman–Crippen MR) is 73.1 cm³/mol. The number of rotatable bonds is 6. The highest BCUT2D eigenvalue weighted by molar-refractivity contribution is 6.04. The molecule has 0 aromatic carbocycles. The Labute approximate surface area is 123 Å². The van der Waals surface area contributed by atoms with Crippen molar-refractivity contribution in [2.24, 2.45) is 5.73 Å². The highest BCUT2D eigenvalue weighted by Gasteiger charge is 2.47. The summed E-state index contributed by atoms with van der Waals surface area (Å²) < 4.78 is 14.7. The van der Waals surface area contributed by atoms with Crippen molar-refractivity contribution >= 4 is 17.9 Å². The second kappa shape index (κ2) is 7.21. The van der Waals surface area contributed by atoms with E-state index in [0.29, 0.717) is 0 Å². The van der Waals surface area contributed by atoms with Gasteiger partial charge in [0.1, 0.15) is 5.54 Å². The predicted octanol–water partition coefficient (Wildman–Crippen LogP) is 0.464. The second-order valence-corrected chi connectivity index (χ2v) is 4.63. The van der Waals surface area contributed by atoms with Gasteiger partial charge in [-0.15, -0.1) is 0 Å². The zero-order valence-corrected chi connectivity index (χ0v) is 12.6. The van der Waals surface area contributed by atoms with Crippen LogP contribution in [0.1, 0.15) is 33.6 Å². The van der Waals surface area contributed by atoms with E-state index in [0.717, 1.165) is 0 Å². The van der Waals surface area contributed by atoms with Gasteiger partial charge in [0.25, 0.3) is 0 Å². The first-order valence-corrected chi connectivity index (χ1v) is 6.91. The third-order valence-corrected chi connectivity index (χ3v) is 3.07. The van der Waals surface area contributed by atoms with E-state index in [2.05, 4.69) is 0 Å². The Morgan fingerprint density at radius 2 is 1.29 bits per heavy atom. The van der Waals surface area contributed by atoms with Crippen LogP contribution < -0.4 is 5.73 Å². The summed E-state index contributed by atoms with van der Waals surface area (Å²) in [6, 6.07) is 0. The smallest absolute Gasteiger partial charge is 0.334 e. The molecule has 0 bridgehead atoms. The average Bonchev–Trinajstić information content (AvgIpc) is 2.79. The standard InChI is InChI=1S/C14H21NO6/c1-4-19-11(16)9-7-14(15,13(18)21-6-3)8-10(9)12(17)20-5-2/h4-8,15H2,1-3H3. The van der Waals surface area contributed by atoms with Crippen molar-refractivity contribution in [2.45, 2.75) is 39.2 Å². The maximum Gasteiger partial charge on any atom is 0.334 e. The highest BCUT2D eigenvalue weighted by Crippen LogP contribution is 2.35. The molecule has 118 valence electrons. The molecule has 0 saturated carbocycles. The van der Waals surface area contributed by atoms with Crippen molar-refractivity contribution in [2.75, 3.05) is 19.8 Å². The first kappa shape index (κ1) is 17.2. The van der Waals surface area contributed by atoms with Gasteiger partial charge < -0.3 is 19.9 Å². The lowest BCUT2D eigenvalue weighted by molar-refractivity contribution is -0.149. The molecule has 0 saturated heterocycles. The molecule has 7 heteroatoms. The molecule has 0 amide bonds. The van der Waals surface area contributed by atoms with E-state index in [1.54, 1.807) is 20.8 Å². The molecule has 0 radical (unpaired) electrons. The molecule has 2 N–H and O–H groups in total. The number of esters is 3. The summed E-state index contributed by atoms with van der Waals surface area (Å²) in [5.41, 5.74) is 4.75. The van der Waals surface area contributed by atoms with Crippen molar-refractivity contribution in [1.29, 1.82) is 0 Å². The van der Waals surface area contributed by atoms with Crippen molar-refractivity contribution in [3.05, 3.63) is 11.1 Å². The van der Waals surface area contributed by atoms with Gasteiger partial charge in [0.15, 0.2) is 0 Å². The Kier molecular flexibility index (Phi) is 5.90. The first-order chi connectivity index (χ1) is 9.89. The number of carbonyl (C=O) groups is 3. The molecule has 21 heavy (non-hydrogen) atoms. The quantitative estimate of drug-likeness (QED) is 0.561. The summed E-state index contributed by atoms with van der Waals surface area (Å²) in [5.74, 6) is -1.96. The number of ether oxygens (including phenoxy) is 3. The molecule has 0 aromatic rings. The summed E-state index contributed by atoms with van der Waals surface area (Å²) >= 11 is 0. The molecule has 0 fully saturated rings. The molecule has 1 rings (SSSR count). The minimum absolute atomic E-state index is 0.0888. The van der Waals surface area contributed by atoms with Crippen molar-refractivity contribution in [3.8, 4) is 0 Å². The zero-order valence-electron chi connectivity index (χ0n) is 12.6. The van der Waals surface area contributed by atoms with Crippen LogP contribution in [0.2, 0.25) is 0 Å². The van der Waals surface area contributed by atoms with Gasteiger partial charge in [-0.25, -0.2) is 9.59 Å². The van der Waals surface area contributed by atoms with Gasteiger partial charge in [-0.1, -0.05) is 0 Å². The molecule has 0 aliphatic heterocycles. The Morgan fingerprint density at radius 1 is 0.905 bits per heavy atom. The van der Waals surface area contributed by atoms with Gasteiger partial charge in [-0.05, 0) is 20.8 Å². The minimum Gasteiger partial charge on any atom is -0.465 e. The summed E-state index contributed by atoms with van der Waals surface area (Å²) in [7, 11) is 0. The Bertz CT molecular complexity index is 438. The molecule has 0 heterocycles. The largest absolute Gasteiger partial charge is 0.465 e. The number of nitrogens with two attached hydrogens (primary N) is 1. The van der Waals surface area contributed by atoms with Crippen molar-refractivity contribution < 1.29 is 28.6 Å². The number of hydrogen-bond acceptors (Lipinski definition) is 7. The Hall–Kier alpha value is -1.89. The number of carbonyl (C=O) groups excluding carboxylic acids is 3. The fourth-order valence-electron chi connectivity index (χ4n) is 2.15. The lowest BCUT2D eigenvalue weighted by Crippen LogP contribution is -2.47. The third kappa shape index (κ3) is 3.81. The lowest BCUT2D eigenvalue weighted by Gasteiger charge is -2.21. The van der Waals surface area contributed by atoms with E-state index >= 15 is 0 Å². The molecular formula is C14H21NO6. The molecule has 0 aromatic heterocycles. The van der Waals surface area contributed by atoms with Crippen molar-refractivity contribution in [1.82, 2.24) is 0 Å². The molecule has 7 nitrogen and oxygen atoms in total. The number of hydrogen-bond donors (Lipinski definition) is 1. The van der Waals surface area contributed by atoms with Gasteiger partial charge >= 0.3 is 17.9 Å². The summed E-state index contributed by atoms with van der Waals surface area (Å²) in [6.45, 7) is 5.45. The molecule has 0 spiro atoms. The van der Waals surface area contributed by atoms with E-state index in [-0.39, 0.29) is 43.8 Å². The second-order valence-electron chi connectivity index (χ2n) is 4.63. The van der Waals surface area contributed by atoms with Crippen LogP contribution in [0, 0.1) is 0 Å². The van der Waals surface area contributed by atoms with Gasteiger partial charge in [0.05, 0.1) is 31.0 Å². The summed E-state index contributed by atoms with van der Waals surface area (Å²) in [5, 5.41) is 0. The summed E-state index contributed by atoms with van der Waals surface area (Å²) in [6.07, 6.45) is -0.197. The maximum atomic E-state index is 11.9. The zero-order chi connectivity index (χ0) is 16.0. The van der Waals surface area contributed by atoms with Crippen LogP contribution in [-0.4, -0.2) is 43.3 Å². The topological polar surface area (TPSA) is 105 Å². The van der Waals surface area contributed by atoms with Crippen LogP contribution in [0.25, 0.3) is 0 Å². The SMILES string of the molecule is CCOC(=O)C1=C(C(=O)OCC)CC(N)(C(=O)OCC)C1. The van der Waals surface area contributed by atoms with Gasteiger partial charge in [-0.2, -0.15) is 0 Å². The molecule has 0 unspecified atom stereocenters. The summed E-state index contributed by atoms with van der Waals surface area (Å²) in [4.78, 5) is 35.8. The van der Waals surface area contributed by atoms with Crippen LogP contribution in [-0.2, 0) is 28.6 Å². The Balaban J connectivity index is 3.05. The van der Waals surface area contributed by atoms with E-state index in [9.17, 15) is 14.4 Å². The van der Waals surface area contributed by atoms with Crippen LogP contribution >= 0.6 is 0 Å². The van der Waals surface area contributed by atoms with E-state index < -0.39 is 23.4 Å². The van der Waals surface area contributed by atoms with Gasteiger partial charge in [0, 0.05) is 12.8 Å². The normalized spacial score (nSPS) is 16.6. The fraction of sp³-hybridized carbons (Fsp3) is 0.643. The lowest BCUT2D eigenvalue weighted by atomic mass is 9.96. The highest BCUT2D eigenvalue weighted by atomic mass is 16.5. The van der Waals surface area contributed by atoms with Crippen LogP contribution in [0.3, 0.4) is 0 Å². The monoisotopic (exact) mass is 299 g/mol.